The van der Waals surface area contributed by atoms with Crippen molar-refractivity contribution in [1.82, 2.24) is 10.1 Å². The predicted molar refractivity (Wildman–Crippen MR) is 89.4 cm³/mol. The summed E-state index contributed by atoms with van der Waals surface area (Å²) in [5, 5.41) is 13.7. The summed E-state index contributed by atoms with van der Waals surface area (Å²) in [7, 11) is 0. The fraction of sp³-hybridized carbons (Fsp3) is 0.421. The maximum Gasteiger partial charge on any atom is 0.314 e. The molecule has 1 aliphatic carbocycles. The van der Waals surface area contributed by atoms with Crippen LogP contribution < -0.4 is 0 Å². The third-order valence-corrected chi connectivity index (χ3v) is 5.37. The highest BCUT2D eigenvalue weighted by Crippen LogP contribution is 2.40. The SMILES string of the molecule is O=C(c1cc(C2CC2)on1)N1CCC(C(=O)O)(c2ccccc2)CC1. The van der Waals surface area contributed by atoms with Crippen molar-refractivity contribution in [2.24, 2.45) is 0 Å². The number of piperidine rings is 1. The minimum absolute atomic E-state index is 0.178. The fourth-order valence-corrected chi connectivity index (χ4v) is 3.59. The topological polar surface area (TPSA) is 83.6 Å². The van der Waals surface area contributed by atoms with Crippen LogP contribution in [0.1, 0.15) is 53.4 Å². The molecule has 1 aromatic carbocycles. The molecule has 0 atom stereocenters. The van der Waals surface area contributed by atoms with Crippen molar-refractivity contribution >= 4 is 11.9 Å². The highest BCUT2D eigenvalue weighted by molar-refractivity contribution is 5.92. The van der Waals surface area contributed by atoms with Crippen LogP contribution >= 0.6 is 0 Å². The van der Waals surface area contributed by atoms with Crippen LogP contribution in [0.25, 0.3) is 0 Å². The molecule has 2 aromatic rings. The lowest BCUT2D eigenvalue weighted by Crippen LogP contribution is -2.49. The second kappa shape index (κ2) is 6.02. The Hall–Kier alpha value is -2.63. The molecule has 25 heavy (non-hydrogen) atoms. The Morgan fingerprint density at radius 1 is 1.16 bits per heavy atom. The van der Waals surface area contributed by atoms with Gasteiger partial charge in [-0.15, -0.1) is 0 Å². The predicted octanol–water partition coefficient (Wildman–Crippen LogP) is 2.81. The number of carboxylic acid groups (broad SMARTS) is 1. The number of likely N-dealkylation sites (tertiary alicyclic amines) is 1. The molecular weight excluding hydrogens is 320 g/mol. The molecule has 0 unspecified atom stereocenters. The van der Waals surface area contributed by atoms with E-state index in [1.54, 1.807) is 11.0 Å². The van der Waals surface area contributed by atoms with Gasteiger partial charge < -0.3 is 14.5 Å². The molecule has 130 valence electrons. The zero-order valence-electron chi connectivity index (χ0n) is 13.9. The van der Waals surface area contributed by atoms with Gasteiger partial charge >= 0.3 is 5.97 Å². The van der Waals surface area contributed by atoms with Crippen LogP contribution in [0.15, 0.2) is 40.9 Å². The average molecular weight is 340 g/mol. The molecule has 6 heteroatoms. The molecule has 1 aliphatic heterocycles. The standard InChI is InChI=1S/C19H20N2O4/c22-17(15-12-16(25-20-15)13-6-7-13)21-10-8-19(9-11-21,18(23)24)14-4-2-1-3-5-14/h1-5,12-13H,6-11H2,(H,23,24). The van der Waals surface area contributed by atoms with E-state index in [2.05, 4.69) is 5.16 Å². The van der Waals surface area contributed by atoms with Crippen molar-refractivity contribution in [1.29, 1.82) is 0 Å². The summed E-state index contributed by atoms with van der Waals surface area (Å²) in [5.74, 6) is 0.184. The van der Waals surface area contributed by atoms with E-state index in [9.17, 15) is 14.7 Å². The monoisotopic (exact) mass is 340 g/mol. The number of aliphatic carboxylic acids is 1. The van der Waals surface area contributed by atoms with Gasteiger partial charge in [0.15, 0.2) is 5.69 Å². The number of hydrogen-bond acceptors (Lipinski definition) is 4. The van der Waals surface area contributed by atoms with Gasteiger partial charge in [-0.05, 0) is 31.2 Å². The van der Waals surface area contributed by atoms with Gasteiger partial charge in [-0.25, -0.2) is 0 Å². The second-order valence-electron chi connectivity index (χ2n) is 6.93. The first-order valence-corrected chi connectivity index (χ1v) is 8.65. The Kier molecular flexibility index (Phi) is 3.82. The Labute approximate surface area is 145 Å². The fourth-order valence-electron chi connectivity index (χ4n) is 3.59. The van der Waals surface area contributed by atoms with Crippen molar-refractivity contribution in [3.05, 3.63) is 53.4 Å². The summed E-state index contributed by atoms with van der Waals surface area (Å²) >= 11 is 0. The Morgan fingerprint density at radius 2 is 1.84 bits per heavy atom. The molecule has 0 bridgehead atoms. The molecule has 2 heterocycles. The van der Waals surface area contributed by atoms with E-state index in [1.807, 2.05) is 30.3 Å². The zero-order chi connectivity index (χ0) is 17.4. The number of aromatic nitrogens is 1. The maximum absolute atomic E-state index is 12.6. The molecule has 1 saturated heterocycles. The van der Waals surface area contributed by atoms with Crippen molar-refractivity contribution < 1.29 is 19.2 Å². The largest absolute Gasteiger partial charge is 0.481 e. The first kappa shape index (κ1) is 15.9. The van der Waals surface area contributed by atoms with Crippen LogP contribution in [-0.4, -0.2) is 40.1 Å². The zero-order valence-corrected chi connectivity index (χ0v) is 13.9. The minimum atomic E-state index is -0.930. The lowest BCUT2D eigenvalue weighted by molar-refractivity contribution is -0.145. The van der Waals surface area contributed by atoms with Gasteiger partial charge in [0.05, 0.1) is 5.41 Å². The first-order chi connectivity index (χ1) is 12.1. The van der Waals surface area contributed by atoms with Crippen LogP contribution in [0.5, 0.6) is 0 Å². The van der Waals surface area contributed by atoms with E-state index in [0.29, 0.717) is 37.5 Å². The summed E-state index contributed by atoms with van der Waals surface area (Å²) < 4.78 is 5.26. The molecule has 0 radical (unpaired) electrons. The number of nitrogens with zero attached hydrogens (tertiary/aromatic N) is 2. The maximum atomic E-state index is 12.6. The Bertz CT molecular complexity index is 787. The van der Waals surface area contributed by atoms with Gasteiger partial charge in [0.2, 0.25) is 0 Å². The molecular formula is C19H20N2O4. The third kappa shape index (κ3) is 2.81. The van der Waals surface area contributed by atoms with E-state index in [0.717, 1.165) is 24.2 Å². The van der Waals surface area contributed by atoms with Crippen LogP contribution in [-0.2, 0) is 10.2 Å². The molecule has 1 aromatic heterocycles. The molecule has 4 rings (SSSR count). The van der Waals surface area contributed by atoms with Crippen LogP contribution in [0.3, 0.4) is 0 Å². The smallest absolute Gasteiger partial charge is 0.314 e. The third-order valence-electron chi connectivity index (χ3n) is 5.37. The lowest BCUT2D eigenvalue weighted by Gasteiger charge is -2.39. The lowest BCUT2D eigenvalue weighted by atomic mass is 9.73. The number of carboxylic acids is 1. The van der Waals surface area contributed by atoms with Crippen molar-refractivity contribution in [2.75, 3.05) is 13.1 Å². The number of amides is 1. The molecule has 1 N–H and O–H groups in total. The van der Waals surface area contributed by atoms with E-state index in [1.165, 1.54) is 0 Å². The molecule has 1 saturated carbocycles. The molecule has 0 spiro atoms. The summed E-state index contributed by atoms with van der Waals surface area (Å²) in [6.07, 6.45) is 2.96. The minimum Gasteiger partial charge on any atom is -0.481 e. The summed E-state index contributed by atoms with van der Waals surface area (Å²) in [4.78, 5) is 26.3. The van der Waals surface area contributed by atoms with Crippen molar-refractivity contribution in [3.63, 3.8) is 0 Å². The van der Waals surface area contributed by atoms with Crippen molar-refractivity contribution in [2.45, 2.75) is 37.0 Å². The average Bonchev–Trinajstić information content (AvgIpc) is 3.39. The van der Waals surface area contributed by atoms with Gasteiger partial charge in [0.1, 0.15) is 5.76 Å². The van der Waals surface area contributed by atoms with Gasteiger partial charge in [0.25, 0.3) is 5.91 Å². The van der Waals surface area contributed by atoms with Crippen molar-refractivity contribution in [3.8, 4) is 0 Å². The quantitative estimate of drug-likeness (QED) is 0.925. The van der Waals surface area contributed by atoms with Crippen LogP contribution in [0.4, 0.5) is 0 Å². The highest BCUT2D eigenvalue weighted by atomic mass is 16.5. The van der Waals surface area contributed by atoms with Gasteiger partial charge in [-0.1, -0.05) is 35.5 Å². The number of hydrogen-bond donors (Lipinski definition) is 1. The molecule has 1 amide bonds. The summed E-state index contributed by atoms with van der Waals surface area (Å²) in [6, 6.07) is 11.0. The van der Waals surface area contributed by atoms with E-state index >= 15 is 0 Å². The Morgan fingerprint density at radius 3 is 2.44 bits per heavy atom. The first-order valence-electron chi connectivity index (χ1n) is 8.65. The highest BCUT2D eigenvalue weighted by Gasteiger charge is 2.44. The van der Waals surface area contributed by atoms with Crippen LogP contribution in [0.2, 0.25) is 0 Å². The normalized spacial score (nSPS) is 19.6. The molecule has 6 nitrogen and oxygen atoms in total. The number of benzene rings is 1. The van der Waals surface area contributed by atoms with Gasteiger partial charge in [-0.2, -0.15) is 0 Å². The number of carbonyl (C=O) groups is 2. The van der Waals surface area contributed by atoms with E-state index < -0.39 is 11.4 Å². The Balaban J connectivity index is 1.49. The van der Waals surface area contributed by atoms with Gasteiger partial charge in [-0.3, -0.25) is 9.59 Å². The molecule has 2 fully saturated rings. The number of rotatable bonds is 4. The number of carbonyl (C=O) groups excluding carboxylic acids is 1. The van der Waals surface area contributed by atoms with Crippen LogP contribution in [0, 0.1) is 0 Å². The summed E-state index contributed by atoms with van der Waals surface area (Å²) in [5.41, 5.74) is 0.192. The molecule has 2 aliphatic rings. The van der Waals surface area contributed by atoms with Gasteiger partial charge in [0, 0.05) is 25.1 Å². The van der Waals surface area contributed by atoms with E-state index in [-0.39, 0.29) is 5.91 Å². The second-order valence-corrected chi connectivity index (χ2v) is 6.93. The van der Waals surface area contributed by atoms with E-state index in [4.69, 9.17) is 4.52 Å². The summed E-state index contributed by atoms with van der Waals surface area (Å²) in [6.45, 7) is 0.789.